The molecule has 0 aromatic rings. The van der Waals surface area contributed by atoms with Crippen molar-refractivity contribution < 1.29 is 28.2 Å². The molecule has 0 N–H and O–H groups in total. The van der Waals surface area contributed by atoms with Gasteiger partial charge >= 0.3 is 27.5 Å². The van der Waals surface area contributed by atoms with Crippen molar-refractivity contribution in [3.63, 3.8) is 0 Å². The van der Waals surface area contributed by atoms with Gasteiger partial charge in [-0.05, 0) is 68.2 Å². The van der Waals surface area contributed by atoms with Gasteiger partial charge < -0.3 is 9.47 Å². The SMILES string of the molecule is CC1(C)CC(OC(=O)CCCCCCCCC(=O)OC2CC(C)(C)[P+](=O)C(C)(C)C2)CC(C)(C)[P+]1=O. The van der Waals surface area contributed by atoms with Gasteiger partial charge in [-0.25, -0.2) is 0 Å². The molecule has 2 aliphatic rings. The highest BCUT2D eigenvalue weighted by molar-refractivity contribution is 7.48. The maximum atomic E-state index is 12.7. The molecule has 2 heterocycles. The van der Waals surface area contributed by atoms with Crippen LogP contribution in [0.15, 0.2) is 0 Å². The Balaban J connectivity index is 1.55. The Morgan fingerprint density at radius 2 is 0.806 bits per heavy atom. The number of ether oxygens (including phenoxy) is 2. The molecule has 2 saturated heterocycles. The van der Waals surface area contributed by atoms with Crippen molar-refractivity contribution in [2.75, 3.05) is 0 Å². The first kappa shape index (κ1) is 31.4. The molecule has 2 fully saturated rings. The van der Waals surface area contributed by atoms with Gasteiger partial charge in [-0.2, -0.15) is 0 Å². The van der Waals surface area contributed by atoms with Crippen LogP contribution in [0.25, 0.3) is 0 Å². The molecule has 0 unspecified atom stereocenters. The van der Waals surface area contributed by atoms with E-state index in [1.54, 1.807) is 0 Å². The molecule has 0 bridgehead atoms. The Morgan fingerprint density at radius 3 is 1.08 bits per heavy atom. The van der Waals surface area contributed by atoms with Crippen molar-refractivity contribution in [2.45, 2.75) is 165 Å². The minimum Gasteiger partial charge on any atom is -0.462 e. The lowest BCUT2D eigenvalue weighted by molar-refractivity contribution is -0.151. The summed E-state index contributed by atoms with van der Waals surface area (Å²) in [6.45, 7) is 16.1. The highest BCUT2D eigenvalue weighted by atomic mass is 31.1. The number of carbonyl (C=O) groups is 2. The summed E-state index contributed by atoms with van der Waals surface area (Å²) in [5, 5.41) is -1.23. The Kier molecular flexibility index (Phi) is 10.7. The summed E-state index contributed by atoms with van der Waals surface area (Å²) >= 11 is 0. The minimum atomic E-state index is -1.35. The summed E-state index contributed by atoms with van der Waals surface area (Å²) < 4.78 is 36.8. The summed E-state index contributed by atoms with van der Waals surface area (Å²) in [5.74, 6) is -0.296. The van der Waals surface area contributed by atoms with Crippen LogP contribution in [0, 0.1) is 0 Å². The molecule has 0 radical (unpaired) electrons. The number of unbranched alkanes of at least 4 members (excludes halogenated alkanes) is 5. The van der Waals surface area contributed by atoms with Gasteiger partial charge in [0, 0.05) is 38.5 Å². The maximum absolute atomic E-state index is 12.7. The lowest BCUT2D eigenvalue weighted by Crippen LogP contribution is -2.41. The second-order valence-corrected chi connectivity index (χ2v) is 19.5. The predicted octanol–water partition coefficient (Wildman–Crippen LogP) is 8.29. The Hall–Kier alpha value is -0.860. The van der Waals surface area contributed by atoms with Crippen LogP contribution in [0.3, 0.4) is 0 Å². The van der Waals surface area contributed by atoms with Crippen LogP contribution in [-0.2, 0) is 28.2 Å². The van der Waals surface area contributed by atoms with Crippen molar-refractivity contribution in [2.24, 2.45) is 0 Å². The van der Waals surface area contributed by atoms with E-state index in [1.807, 2.05) is 55.4 Å². The number of hydrogen-bond acceptors (Lipinski definition) is 6. The van der Waals surface area contributed by atoms with Gasteiger partial charge in [0.2, 0.25) is 0 Å². The van der Waals surface area contributed by atoms with Gasteiger partial charge in [-0.15, -0.1) is 0 Å². The van der Waals surface area contributed by atoms with E-state index in [1.165, 1.54) is 0 Å². The molecule has 36 heavy (non-hydrogen) atoms. The summed E-state index contributed by atoms with van der Waals surface area (Å²) in [6.07, 6.45) is 8.83. The summed E-state index contributed by atoms with van der Waals surface area (Å²) in [5.41, 5.74) is 0. The molecule has 2 aliphatic heterocycles. The van der Waals surface area contributed by atoms with Crippen molar-refractivity contribution in [3.05, 3.63) is 0 Å². The van der Waals surface area contributed by atoms with Gasteiger partial charge in [0.05, 0.1) is 0 Å². The van der Waals surface area contributed by atoms with Crippen molar-refractivity contribution >= 4 is 27.5 Å². The van der Waals surface area contributed by atoms with Gasteiger partial charge in [0.1, 0.15) is 12.2 Å². The zero-order valence-corrected chi connectivity index (χ0v) is 25.8. The zero-order chi connectivity index (χ0) is 27.4. The lowest BCUT2D eigenvalue weighted by atomic mass is 9.95. The van der Waals surface area contributed by atoms with E-state index in [9.17, 15) is 18.7 Å². The van der Waals surface area contributed by atoms with Crippen LogP contribution >= 0.6 is 15.6 Å². The van der Waals surface area contributed by atoms with Gasteiger partial charge in [0.25, 0.3) is 0 Å². The summed E-state index contributed by atoms with van der Waals surface area (Å²) in [7, 11) is -2.70. The van der Waals surface area contributed by atoms with Crippen LogP contribution < -0.4 is 0 Å². The minimum absolute atomic E-state index is 0.148. The fraction of sp³-hybridized carbons (Fsp3) is 0.929. The molecule has 0 aromatic heterocycles. The van der Waals surface area contributed by atoms with E-state index in [0.717, 1.165) is 38.5 Å². The topological polar surface area (TPSA) is 86.7 Å². The molecule has 206 valence electrons. The van der Waals surface area contributed by atoms with Crippen LogP contribution in [0.5, 0.6) is 0 Å². The largest absolute Gasteiger partial charge is 0.462 e. The molecule has 0 aromatic carbocycles. The monoisotopic (exact) mass is 544 g/mol. The van der Waals surface area contributed by atoms with Gasteiger partial charge in [-0.1, -0.05) is 34.8 Å². The molecular weight excluding hydrogens is 494 g/mol. The first-order valence-corrected chi connectivity index (χ1v) is 16.3. The number of hydrogen-bond donors (Lipinski definition) is 0. The fourth-order valence-electron chi connectivity index (χ4n) is 6.25. The third-order valence-corrected chi connectivity index (χ3v) is 12.8. The molecule has 8 heteroatoms. The number of rotatable bonds is 11. The number of carbonyl (C=O) groups excluding carboxylic acids is 2. The molecule has 2 rings (SSSR count). The van der Waals surface area contributed by atoms with E-state index in [-0.39, 0.29) is 44.8 Å². The predicted molar refractivity (Wildman–Crippen MR) is 147 cm³/mol. The van der Waals surface area contributed by atoms with Crippen molar-refractivity contribution in [3.8, 4) is 0 Å². The first-order chi connectivity index (χ1) is 16.5. The van der Waals surface area contributed by atoms with Crippen LogP contribution in [0.1, 0.15) is 132 Å². The summed E-state index contributed by atoms with van der Waals surface area (Å²) in [6, 6.07) is 0. The molecule has 0 atom stereocenters. The van der Waals surface area contributed by atoms with E-state index in [4.69, 9.17) is 9.47 Å². The molecule has 6 nitrogen and oxygen atoms in total. The molecule has 0 amide bonds. The van der Waals surface area contributed by atoms with E-state index >= 15 is 0 Å². The Labute approximate surface area is 221 Å². The smallest absolute Gasteiger partial charge is 0.350 e. The van der Waals surface area contributed by atoms with Crippen molar-refractivity contribution in [1.82, 2.24) is 0 Å². The third-order valence-electron chi connectivity index (χ3n) is 7.72. The third kappa shape index (κ3) is 8.87. The molecule has 0 saturated carbocycles. The first-order valence-electron chi connectivity index (χ1n) is 13.8. The second-order valence-electron chi connectivity index (χ2n) is 13.5. The van der Waals surface area contributed by atoms with Crippen LogP contribution in [0.2, 0.25) is 0 Å². The molecular formula is C28H50O6P2+2. The van der Waals surface area contributed by atoms with E-state index in [2.05, 4.69) is 0 Å². The summed E-state index contributed by atoms with van der Waals surface area (Å²) in [4.78, 5) is 24.6. The van der Waals surface area contributed by atoms with Crippen LogP contribution in [-0.4, -0.2) is 44.8 Å². The standard InChI is InChI=1S/C28H50O6P2/c1-25(2)17-21(18-26(3,4)35(25)31)33-23(29)15-13-11-9-10-12-14-16-24(30)34-22-19-27(5,6)36(32)28(7,8)20-22/h21-22H,9-20H2,1-8H3/q+2. The average Bonchev–Trinajstić information content (AvgIpc) is 2.71. The van der Waals surface area contributed by atoms with Gasteiger partial charge in [0.15, 0.2) is 20.6 Å². The number of esters is 2. The zero-order valence-electron chi connectivity index (χ0n) is 24.0. The highest BCUT2D eigenvalue weighted by Crippen LogP contribution is 2.59. The maximum Gasteiger partial charge on any atom is 0.350 e. The molecule has 0 aliphatic carbocycles. The Morgan fingerprint density at radius 1 is 0.556 bits per heavy atom. The average molecular weight is 545 g/mol. The van der Waals surface area contributed by atoms with E-state index < -0.39 is 15.6 Å². The quantitative estimate of drug-likeness (QED) is 0.148. The molecule has 0 spiro atoms. The van der Waals surface area contributed by atoms with E-state index in [0.29, 0.717) is 38.5 Å². The fourth-order valence-corrected chi connectivity index (χ4v) is 11.0. The van der Waals surface area contributed by atoms with Crippen LogP contribution in [0.4, 0.5) is 0 Å². The van der Waals surface area contributed by atoms with Gasteiger partial charge in [-0.3, -0.25) is 9.59 Å². The normalized spacial score (nSPS) is 28.3. The van der Waals surface area contributed by atoms with Crippen molar-refractivity contribution in [1.29, 1.82) is 0 Å². The highest BCUT2D eigenvalue weighted by Gasteiger charge is 2.59. The lowest BCUT2D eigenvalue weighted by Gasteiger charge is -2.34. The Bertz CT molecular complexity index is 722. The second kappa shape index (κ2) is 12.3.